The molecule has 1 aliphatic heterocycles. The minimum atomic E-state index is -0.900. The highest BCUT2D eigenvalue weighted by atomic mass is 16.5. The molecule has 7 nitrogen and oxygen atoms in total. The van der Waals surface area contributed by atoms with Crippen molar-refractivity contribution < 1.29 is 14.9 Å². The van der Waals surface area contributed by atoms with Crippen LogP contribution in [0.3, 0.4) is 0 Å². The van der Waals surface area contributed by atoms with Crippen LogP contribution >= 0.6 is 0 Å². The predicted molar refractivity (Wildman–Crippen MR) is 70.4 cm³/mol. The molecule has 0 saturated carbocycles. The molecule has 1 fully saturated rings. The number of aliphatic hydroxyl groups excluding tert-OH is 2. The lowest BCUT2D eigenvalue weighted by Crippen LogP contribution is -2.38. The molecule has 1 aromatic carbocycles. The summed E-state index contributed by atoms with van der Waals surface area (Å²) in [5, 5.41) is 19.1. The van der Waals surface area contributed by atoms with Gasteiger partial charge in [0.25, 0.3) is 5.56 Å². The molecule has 0 aliphatic carbocycles. The first-order valence-electron chi connectivity index (χ1n) is 6.29. The molecule has 2 heterocycles. The van der Waals surface area contributed by atoms with Crippen LogP contribution < -0.4 is 11.2 Å². The zero-order chi connectivity index (χ0) is 14.3. The van der Waals surface area contributed by atoms with Crippen LogP contribution in [0.2, 0.25) is 0 Å². The van der Waals surface area contributed by atoms with Crippen LogP contribution in [0.1, 0.15) is 12.6 Å². The number of fused-ring (bicyclic) bond motifs is 1. The van der Waals surface area contributed by atoms with Crippen molar-refractivity contribution >= 4 is 10.9 Å². The van der Waals surface area contributed by atoms with E-state index in [4.69, 9.17) is 9.84 Å². The maximum Gasteiger partial charge on any atom is 0.330 e. The first-order valence-corrected chi connectivity index (χ1v) is 6.29. The van der Waals surface area contributed by atoms with Gasteiger partial charge in [0, 0.05) is 6.42 Å². The zero-order valence-electron chi connectivity index (χ0n) is 10.5. The smallest absolute Gasteiger partial charge is 0.330 e. The molecular formula is C13H14N2O5. The summed E-state index contributed by atoms with van der Waals surface area (Å²) in [5.74, 6) is 0. The van der Waals surface area contributed by atoms with E-state index in [2.05, 4.69) is 4.98 Å². The van der Waals surface area contributed by atoms with Crippen LogP contribution in [-0.2, 0) is 4.74 Å². The number of hydrogen-bond donors (Lipinski definition) is 3. The Morgan fingerprint density at radius 3 is 2.80 bits per heavy atom. The fraction of sp³-hybridized carbons (Fsp3) is 0.385. The topological polar surface area (TPSA) is 105 Å². The molecule has 1 aromatic heterocycles. The summed E-state index contributed by atoms with van der Waals surface area (Å²) in [4.78, 5) is 27.0. The van der Waals surface area contributed by atoms with Gasteiger partial charge in [-0.05, 0) is 12.1 Å². The van der Waals surface area contributed by atoms with E-state index >= 15 is 0 Å². The third-order valence-corrected chi connectivity index (χ3v) is 3.51. The number of aromatic nitrogens is 2. The highest BCUT2D eigenvalue weighted by molar-refractivity contribution is 5.76. The first kappa shape index (κ1) is 13.0. The summed E-state index contributed by atoms with van der Waals surface area (Å²) in [7, 11) is 0. The number of benzene rings is 1. The Balaban J connectivity index is 2.13. The fourth-order valence-corrected chi connectivity index (χ4v) is 2.47. The van der Waals surface area contributed by atoms with E-state index < -0.39 is 29.7 Å². The van der Waals surface area contributed by atoms with Gasteiger partial charge in [-0.2, -0.15) is 0 Å². The van der Waals surface area contributed by atoms with Crippen molar-refractivity contribution in [1.29, 1.82) is 0 Å². The summed E-state index contributed by atoms with van der Waals surface area (Å²) in [6.45, 7) is -0.363. The Labute approximate surface area is 113 Å². The Hall–Kier alpha value is -1.96. The monoisotopic (exact) mass is 278 g/mol. The average Bonchev–Trinajstić information content (AvgIpc) is 2.79. The molecule has 3 N–H and O–H groups in total. The number of aromatic amines is 1. The molecule has 3 rings (SSSR count). The molecular weight excluding hydrogens is 264 g/mol. The molecule has 0 bridgehead atoms. The van der Waals surface area contributed by atoms with Crippen molar-refractivity contribution in [2.24, 2.45) is 0 Å². The molecule has 1 aliphatic rings. The van der Waals surface area contributed by atoms with E-state index in [0.717, 1.165) is 4.57 Å². The normalized spacial score (nSPS) is 26.2. The van der Waals surface area contributed by atoms with Gasteiger partial charge in [-0.15, -0.1) is 0 Å². The first-order chi connectivity index (χ1) is 9.61. The third-order valence-electron chi connectivity index (χ3n) is 3.51. The minimum Gasteiger partial charge on any atom is -0.394 e. The third kappa shape index (κ3) is 1.96. The molecule has 0 spiro atoms. The molecule has 2 aromatic rings. The summed E-state index contributed by atoms with van der Waals surface area (Å²) < 4.78 is 6.31. The Kier molecular flexibility index (Phi) is 3.17. The molecule has 7 heteroatoms. The van der Waals surface area contributed by atoms with Crippen molar-refractivity contribution in [2.75, 3.05) is 6.61 Å². The van der Waals surface area contributed by atoms with Crippen molar-refractivity contribution in [1.82, 2.24) is 9.55 Å². The number of para-hydroxylation sites is 1. The lowest BCUT2D eigenvalue weighted by atomic mass is 10.2. The van der Waals surface area contributed by atoms with Crippen molar-refractivity contribution in [3.05, 3.63) is 45.1 Å². The molecule has 0 radical (unpaired) electrons. The van der Waals surface area contributed by atoms with Crippen molar-refractivity contribution in [2.45, 2.75) is 24.9 Å². The lowest BCUT2D eigenvalue weighted by molar-refractivity contribution is -0.0467. The van der Waals surface area contributed by atoms with Gasteiger partial charge in [0.15, 0.2) is 0 Å². The van der Waals surface area contributed by atoms with Gasteiger partial charge < -0.3 is 19.9 Å². The predicted octanol–water partition coefficient (Wildman–Crippen LogP) is -0.669. The Bertz CT molecular complexity index is 750. The number of hydrogen-bond acceptors (Lipinski definition) is 5. The van der Waals surface area contributed by atoms with Crippen molar-refractivity contribution in [3.8, 4) is 0 Å². The molecule has 1 saturated heterocycles. The number of H-pyrrole nitrogens is 1. The maximum atomic E-state index is 12.4. The van der Waals surface area contributed by atoms with Crippen LogP contribution in [-0.4, -0.2) is 38.6 Å². The molecule has 106 valence electrons. The second kappa shape index (κ2) is 4.86. The standard InChI is InChI=1S/C13H14N2O5/c16-6-10-9(17)5-11(20-10)15-12(18)7-3-1-2-4-8(7)14-13(15)19/h1-4,9-11,16-17H,5-6H2,(H,14,19)/t9-,10+,11+/m0/s1. The van der Waals surface area contributed by atoms with Gasteiger partial charge in [0.1, 0.15) is 12.3 Å². The van der Waals surface area contributed by atoms with Gasteiger partial charge in [-0.25, -0.2) is 9.36 Å². The average molecular weight is 278 g/mol. The van der Waals surface area contributed by atoms with Gasteiger partial charge in [-0.1, -0.05) is 12.1 Å². The highest BCUT2D eigenvalue weighted by Crippen LogP contribution is 2.26. The lowest BCUT2D eigenvalue weighted by Gasteiger charge is -2.14. The van der Waals surface area contributed by atoms with E-state index in [9.17, 15) is 14.7 Å². The van der Waals surface area contributed by atoms with Crippen LogP contribution in [0.5, 0.6) is 0 Å². The van der Waals surface area contributed by atoms with Crippen LogP contribution in [0, 0.1) is 0 Å². The quantitative estimate of drug-likeness (QED) is 0.676. The Morgan fingerprint density at radius 1 is 1.35 bits per heavy atom. The van der Waals surface area contributed by atoms with Crippen LogP contribution in [0.4, 0.5) is 0 Å². The van der Waals surface area contributed by atoms with E-state index in [1.54, 1.807) is 24.3 Å². The number of ether oxygens (including phenoxy) is 1. The fourth-order valence-electron chi connectivity index (χ4n) is 2.47. The van der Waals surface area contributed by atoms with E-state index in [1.165, 1.54) is 0 Å². The van der Waals surface area contributed by atoms with E-state index in [-0.39, 0.29) is 13.0 Å². The Morgan fingerprint density at radius 2 is 2.10 bits per heavy atom. The largest absolute Gasteiger partial charge is 0.394 e. The molecule has 0 amide bonds. The summed E-state index contributed by atoms with van der Waals surface area (Å²) >= 11 is 0. The van der Waals surface area contributed by atoms with Gasteiger partial charge >= 0.3 is 5.69 Å². The number of nitrogens with zero attached hydrogens (tertiary/aromatic N) is 1. The van der Waals surface area contributed by atoms with Gasteiger partial charge in [-0.3, -0.25) is 4.79 Å². The second-order valence-corrected chi connectivity index (χ2v) is 4.77. The van der Waals surface area contributed by atoms with Crippen LogP contribution in [0.25, 0.3) is 10.9 Å². The summed E-state index contributed by atoms with van der Waals surface area (Å²) in [6.07, 6.45) is -2.46. The van der Waals surface area contributed by atoms with Crippen molar-refractivity contribution in [3.63, 3.8) is 0 Å². The zero-order valence-corrected chi connectivity index (χ0v) is 10.5. The van der Waals surface area contributed by atoms with Crippen LogP contribution in [0.15, 0.2) is 33.9 Å². The minimum absolute atomic E-state index is 0.0898. The number of nitrogens with one attached hydrogen (secondary N) is 1. The number of aliphatic hydroxyl groups is 2. The maximum absolute atomic E-state index is 12.4. The SMILES string of the molecule is O=c1[nH]c2ccccc2c(=O)n1[C@H]1C[C@H](O)[C@@H](CO)O1. The molecule has 3 atom stereocenters. The highest BCUT2D eigenvalue weighted by Gasteiger charge is 2.36. The molecule has 20 heavy (non-hydrogen) atoms. The van der Waals surface area contributed by atoms with E-state index in [0.29, 0.717) is 10.9 Å². The summed E-state index contributed by atoms with van der Waals surface area (Å²) in [5.41, 5.74) is -0.611. The summed E-state index contributed by atoms with van der Waals surface area (Å²) in [6, 6.07) is 6.68. The second-order valence-electron chi connectivity index (χ2n) is 4.77. The van der Waals surface area contributed by atoms with E-state index in [1.807, 2.05) is 0 Å². The number of rotatable bonds is 2. The van der Waals surface area contributed by atoms with Gasteiger partial charge in [0.05, 0.1) is 23.6 Å². The van der Waals surface area contributed by atoms with Gasteiger partial charge in [0.2, 0.25) is 0 Å². The molecule has 0 unspecified atom stereocenters.